The van der Waals surface area contributed by atoms with Crippen molar-refractivity contribution in [1.82, 2.24) is 14.2 Å². The van der Waals surface area contributed by atoms with E-state index in [0.717, 1.165) is 13.0 Å². The second-order valence-electron chi connectivity index (χ2n) is 3.80. The number of nitrogens with one attached hydrogen (secondary N) is 1. The lowest BCUT2D eigenvalue weighted by molar-refractivity contribution is 0.458. The first kappa shape index (κ1) is 13.2. The van der Waals surface area contributed by atoms with Gasteiger partial charge >= 0.3 is 0 Å². The topological polar surface area (TPSA) is 54.3 Å². The van der Waals surface area contributed by atoms with E-state index in [1.165, 1.54) is 4.31 Å². The number of sulfonamides is 1. The predicted molar refractivity (Wildman–Crippen MR) is 63.8 cm³/mol. The molecule has 0 unspecified atom stereocenters. The molecule has 0 atom stereocenters. The Morgan fingerprint density at radius 2 is 2.19 bits per heavy atom. The van der Waals surface area contributed by atoms with Crippen molar-refractivity contribution in [3.05, 3.63) is 18.5 Å². The Morgan fingerprint density at radius 1 is 1.50 bits per heavy atom. The van der Waals surface area contributed by atoms with E-state index in [9.17, 15) is 8.42 Å². The molecule has 1 rings (SSSR count). The van der Waals surface area contributed by atoms with Crippen LogP contribution in [0, 0.1) is 0 Å². The minimum Gasteiger partial charge on any atom is -0.356 e. The molecule has 1 N–H and O–H groups in total. The third-order valence-corrected chi connectivity index (χ3v) is 4.25. The molecule has 16 heavy (non-hydrogen) atoms. The van der Waals surface area contributed by atoms with E-state index in [4.69, 9.17) is 0 Å². The molecule has 0 fully saturated rings. The lowest BCUT2D eigenvalue weighted by Crippen LogP contribution is -2.29. The molecule has 5 nitrogen and oxygen atoms in total. The summed E-state index contributed by atoms with van der Waals surface area (Å²) in [6.07, 6.45) is 4.15. The predicted octanol–water partition coefficient (Wildman–Crippen LogP) is 0.255. The van der Waals surface area contributed by atoms with Gasteiger partial charge in [-0.1, -0.05) is 0 Å². The molecule has 0 spiro atoms. The fraction of sp³-hybridized carbons (Fsp3) is 0.600. The van der Waals surface area contributed by atoms with Gasteiger partial charge in [0.15, 0.2) is 0 Å². The summed E-state index contributed by atoms with van der Waals surface area (Å²) in [5, 5.41) is 2.99. The summed E-state index contributed by atoms with van der Waals surface area (Å²) >= 11 is 0. The highest BCUT2D eigenvalue weighted by atomic mass is 32.2. The average molecular weight is 245 g/mol. The molecular formula is C10H19N3O2S. The molecule has 0 aromatic carbocycles. The standard InChI is InChI=1S/C10H19N3O2S/c1-11-6-4-7-13(3)16(14,15)10-5-8-12(2)9-10/h5,8-9,11H,4,6-7H2,1-3H3. The van der Waals surface area contributed by atoms with Crippen molar-refractivity contribution in [1.29, 1.82) is 0 Å². The summed E-state index contributed by atoms with van der Waals surface area (Å²) in [4.78, 5) is 0.349. The number of hydrogen-bond donors (Lipinski definition) is 1. The van der Waals surface area contributed by atoms with Crippen LogP contribution in [-0.2, 0) is 17.1 Å². The normalized spacial score (nSPS) is 12.2. The van der Waals surface area contributed by atoms with Crippen LogP contribution in [0.2, 0.25) is 0 Å². The van der Waals surface area contributed by atoms with Crippen molar-refractivity contribution < 1.29 is 8.42 Å². The quantitative estimate of drug-likeness (QED) is 0.731. The first-order valence-electron chi connectivity index (χ1n) is 5.21. The fourth-order valence-electron chi connectivity index (χ4n) is 1.41. The highest BCUT2D eigenvalue weighted by Crippen LogP contribution is 2.13. The number of hydrogen-bond acceptors (Lipinski definition) is 3. The smallest absolute Gasteiger partial charge is 0.244 e. The molecule has 0 bridgehead atoms. The highest BCUT2D eigenvalue weighted by molar-refractivity contribution is 7.89. The second-order valence-corrected chi connectivity index (χ2v) is 5.84. The Hall–Kier alpha value is -0.850. The van der Waals surface area contributed by atoms with Gasteiger partial charge in [-0.3, -0.25) is 0 Å². The number of nitrogens with zero attached hydrogens (tertiary/aromatic N) is 2. The van der Waals surface area contributed by atoms with Gasteiger partial charge in [0.1, 0.15) is 0 Å². The van der Waals surface area contributed by atoms with E-state index in [-0.39, 0.29) is 0 Å². The summed E-state index contributed by atoms with van der Waals surface area (Å²) in [5.74, 6) is 0. The van der Waals surface area contributed by atoms with Gasteiger partial charge in [-0.15, -0.1) is 0 Å². The van der Waals surface area contributed by atoms with Crippen LogP contribution < -0.4 is 5.32 Å². The Morgan fingerprint density at radius 3 is 2.69 bits per heavy atom. The molecule has 0 saturated carbocycles. The van der Waals surface area contributed by atoms with E-state index < -0.39 is 10.0 Å². The van der Waals surface area contributed by atoms with Crippen LogP contribution in [-0.4, -0.2) is 44.5 Å². The molecule has 0 radical (unpaired) electrons. The van der Waals surface area contributed by atoms with Gasteiger partial charge in [0.25, 0.3) is 0 Å². The van der Waals surface area contributed by atoms with E-state index in [2.05, 4.69) is 5.32 Å². The molecule has 0 aliphatic heterocycles. The molecular weight excluding hydrogens is 226 g/mol. The largest absolute Gasteiger partial charge is 0.356 e. The van der Waals surface area contributed by atoms with Crippen molar-refractivity contribution in [2.45, 2.75) is 11.3 Å². The lowest BCUT2D eigenvalue weighted by atomic mass is 10.4. The molecule has 1 aromatic heterocycles. The van der Waals surface area contributed by atoms with E-state index >= 15 is 0 Å². The lowest BCUT2D eigenvalue weighted by Gasteiger charge is -2.15. The van der Waals surface area contributed by atoms with Crippen molar-refractivity contribution >= 4 is 10.0 Å². The minimum atomic E-state index is -3.31. The van der Waals surface area contributed by atoms with Crippen LogP contribution in [0.1, 0.15) is 6.42 Å². The van der Waals surface area contributed by atoms with E-state index in [1.54, 1.807) is 37.1 Å². The third kappa shape index (κ3) is 3.07. The monoisotopic (exact) mass is 245 g/mol. The SMILES string of the molecule is CNCCCN(C)S(=O)(=O)c1ccn(C)c1. The Labute approximate surface area is 97.1 Å². The molecule has 0 aliphatic rings. The van der Waals surface area contributed by atoms with Crippen LogP contribution in [0.3, 0.4) is 0 Å². The van der Waals surface area contributed by atoms with Gasteiger partial charge in [-0.2, -0.15) is 0 Å². The van der Waals surface area contributed by atoms with Crippen molar-refractivity contribution in [3.8, 4) is 0 Å². The Kier molecular flexibility index (Phi) is 4.52. The zero-order valence-corrected chi connectivity index (χ0v) is 10.8. The zero-order chi connectivity index (χ0) is 12.2. The number of aryl methyl sites for hydroxylation is 1. The molecule has 6 heteroatoms. The Balaban J connectivity index is 2.70. The van der Waals surface area contributed by atoms with E-state index in [0.29, 0.717) is 11.4 Å². The third-order valence-electron chi connectivity index (χ3n) is 2.41. The van der Waals surface area contributed by atoms with Gasteiger partial charge in [0.05, 0.1) is 4.90 Å². The molecule has 1 heterocycles. The summed E-state index contributed by atoms with van der Waals surface area (Å²) < 4.78 is 27.2. The van der Waals surface area contributed by atoms with E-state index in [1.807, 2.05) is 7.05 Å². The molecule has 92 valence electrons. The maximum atomic E-state index is 12.0. The van der Waals surface area contributed by atoms with Gasteiger partial charge in [-0.05, 0) is 26.1 Å². The van der Waals surface area contributed by atoms with Crippen LogP contribution in [0.4, 0.5) is 0 Å². The number of rotatable bonds is 6. The molecule has 0 aliphatic carbocycles. The molecule has 0 saturated heterocycles. The Bertz CT molecular complexity index is 425. The van der Waals surface area contributed by atoms with Crippen molar-refractivity contribution in [2.75, 3.05) is 27.2 Å². The van der Waals surface area contributed by atoms with Crippen LogP contribution in [0.15, 0.2) is 23.4 Å². The minimum absolute atomic E-state index is 0.349. The van der Waals surface area contributed by atoms with Gasteiger partial charge < -0.3 is 9.88 Å². The summed E-state index contributed by atoms with van der Waals surface area (Å²) in [7, 11) is 1.95. The number of aromatic nitrogens is 1. The maximum Gasteiger partial charge on any atom is 0.244 e. The van der Waals surface area contributed by atoms with Crippen LogP contribution in [0.25, 0.3) is 0 Å². The summed E-state index contributed by atoms with van der Waals surface area (Å²) in [6.45, 7) is 1.34. The average Bonchev–Trinajstić information content (AvgIpc) is 2.65. The van der Waals surface area contributed by atoms with Gasteiger partial charge in [-0.25, -0.2) is 12.7 Å². The first-order chi connectivity index (χ1) is 7.48. The first-order valence-corrected chi connectivity index (χ1v) is 6.65. The molecule has 1 aromatic rings. The summed E-state index contributed by atoms with van der Waals surface area (Å²) in [6, 6.07) is 1.61. The zero-order valence-electron chi connectivity index (χ0n) is 9.97. The van der Waals surface area contributed by atoms with Crippen LogP contribution >= 0.6 is 0 Å². The van der Waals surface area contributed by atoms with Crippen molar-refractivity contribution in [3.63, 3.8) is 0 Å². The van der Waals surface area contributed by atoms with Gasteiger partial charge in [0, 0.05) is 33.0 Å². The van der Waals surface area contributed by atoms with Crippen molar-refractivity contribution in [2.24, 2.45) is 7.05 Å². The maximum absolute atomic E-state index is 12.0. The molecule has 0 amide bonds. The second kappa shape index (κ2) is 5.47. The summed E-state index contributed by atoms with van der Waals surface area (Å²) in [5.41, 5.74) is 0. The fourth-order valence-corrected chi connectivity index (χ4v) is 2.67. The highest BCUT2D eigenvalue weighted by Gasteiger charge is 2.20. The van der Waals surface area contributed by atoms with Gasteiger partial charge in [0.2, 0.25) is 10.0 Å². The van der Waals surface area contributed by atoms with Crippen LogP contribution in [0.5, 0.6) is 0 Å².